The molecule has 0 radical (unpaired) electrons. The van der Waals surface area contributed by atoms with Crippen molar-refractivity contribution >= 4 is 15.7 Å². The van der Waals surface area contributed by atoms with Crippen LogP contribution in [0.25, 0.3) is 0 Å². The fourth-order valence-electron chi connectivity index (χ4n) is 2.26. The molecule has 0 saturated heterocycles. The summed E-state index contributed by atoms with van der Waals surface area (Å²) in [5, 5.41) is 0. The molecule has 0 spiro atoms. The summed E-state index contributed by atoms with van der Waals surface area (Å²) in [6, 6.07) is 2.28. The molecule has 0 aromatic heterocycles. The molecule has 1 aliphatic carbocycles. The van der Waals surface area contributed by atoms with E-state index in [-0.39, 0.29) is 22.4 Å². The molecule has 1 aromatic rings. The van der Waals surface area contributed by atoms with Crippen molar-refractivity contribution in [2.24, 2.45) is 0 Å². The maximum atomic E-state index is 13.9. The molecule has 5 nitrogen and oxygen atoms in total. The first kappa shape index (κ1) is 16.0. The number of hydrogen-bond donors (Lipinski definition) is 1. The lowest BCUT2D eigenvalue weighted by Crippen LogP contribution is -2.34. The molecular weight excluding hydrogens is 295 g/mol. The highest BCUT2D eigenvalue weighted by molar-refractivity contribution is 7.89. The lowest BCUT2D eigenvalue weighted by molar-refractivity contribution is 0.385. The van der Waals surface area contributed by atoms with E-state index in [0.29, 0.717) is 6.54 Å². The smallest absolute Gasteiger partial charge is 0.243 e. The van der Waals surface area contributed by atoms with Gasteiger partial charge in [0.15, 0.2) is 11.6 Å². The molecule has 0 unspecified atom stereocenters. The van der Waals surface area contributed by atoms with Gasteiger partial charge in [-0.3, -0.25) is 0 Å². The van der Waals surface area contributed by atoms with E-state index in [1.165, 1.54) is 17.5 Å². The number of ether oxygens (including phenoxy) is 1. The number of nitrogens with two attached hydrogens (primary N) is 1. The van der Waals surface area contributed by atoms with Gasteiger partial charge in [0.25, 0.3) is 0 Å². The molecule has 0 bridgehead atoms. The fraction of sp³-hybridized carbons (Fsp3) is 0.571. The van der Waals surface area contributed by atoms with Crippen LogP contribution in [-0.4, -0.2) is 32.4 Å². The van der Waals surface area contributed by atoms with Crippen molar-refractivity contribution in [1.82, 2.24) is 4.31 Å². The second-order valence-electron chi connectivity index (χ2n) is 5.23. The topological polar surface area (TPSA) is 72.6 Å². The molecule has 0 aliphatic heterocycles. The summed E-state index contributed by atoms with van der Waals surface area (Å²) in [5.74, 6) is -0.886. The van der Waals surface area contributed by atoms with E-state index in [1.54, 1.807) is 0 Å². The van der Waals surface area contributed by atoms with Gasteiger partial charge in [0, 0.05) is 12.6 Å². The van der Waals surface area contributed by atoms with Crippen molar-refractivity contribution in [3.63, 3.8) is 0 Å². The zero-order valence-corrected chi connectivity index (χ0v) is 13.1. The second-order valence-corrected chi connectivity index (χ2v) is 7.12. The highest BCUT2D eigenvalue weighted by atomic mass is 32.2. The Morgan fingerprint density at radius 1 is 1.43 bits per heavy atom. The molecule has 0 heterocycles. The first-order chi connectivity index (χ1) is 9.91. The van der Waals surface area contributed by atoms with E-state index in [2.05, 4.69) is 0 Å². The maximum absolute atomic E-state index is 13.9. The van der Waals surface area contributed by atoms with Crippen LogP contribution in [-0.2, 0) is 10.0 Å². The molecule has 2 rings (SSSR count). The van der Waals surface area contributed by atoms with Crippen molar-refractivity contribution in [3.05, 3.63) is 17.9 Å². The number of methoxy groups -OCH3 is 1. The van der Waals surface area contributed by atoms with Crippen LogP contribution < -0.4 is 10.5 Å². The summed E-state index contributed by atoms with van der Waals surface area (Å²) in [4.78, 5) is -0.110. The molecule has 0 amide bonds. The predicted octanol–water partition coefficient (Wildman–Crippen LogP) is 2.37. The van der Waals surface area contributed by atoms with E-state index in [4.69, 9.17) is 10.5 Å². The average Bonchev–Trinajstić information content (AvgIpc) is 3.23. The van der Waals surface area contributed by atoms with Gasteiger partial charge in [0.2, 0.25) is 10.0 Å². The van der Waals surface area contributed by atoms with Gasteiger partial charge in [-0.25, -0.2) is 12.8 Å². The first-order valence-electron chi connectivity index (χ1n) is 7.06. The number of benzene rings is 1. The normalized spacial score (nSPS) is 15.4. The van der Waals surface area contributed by atoms with E-state index in [1.807, 2.05) is 6.92 Å². The molecule has 1 saturated carbocycles. The van der Waals surface area contributed by atoms with E-state index < -0.39 is 15.8 Å². The third kappa shape index (κ3) is 3.29. The van der Waals surface area contributed by atoms with Gasteiger partial charge < -0.3 is 10.5 Å². The number of nitrogens with zero attached hydrogens (tertiary/aromatic N) is 1. The van der Waals surface area contributed by atoms with Crippen LogP contribution in [0.15, 0.2) is 17.0 Å². The zero-order chi connectivity index (χ0) is 15.6. The molecular formula is C14H21FN2O3S. The van der Waals surface area contributed by atoms with Crippen molar-refractivity contribution < 1.29 is 17.5 Å². The van der Waals surface area contributed by atoms with Crippen molar-refractivity contribution in [2.75, 3.05) is 19.4 Å². The molecule has 21 heavy (non-hydrogen) atoms. The minimum absolute atomic E-state index is 0.0117. The minimum Gasteiger partial charge on any atom is -0.492 e. The third-order valence-electron chi connectivity index (χ3n) is 3.54. The summed E-state index contributed by atoms with van der Waals surface area (Å²) in [5.41, 5.74) is 5.66. The highest BCUT2D eigenvalue weighted by Gasteiger charge is 2.38. The number of halogens is 1. The number of anilines is 1. The molecule has 1 aromatic carbocycles. The van der Waals surface area contributed by atoms with Crippen molar-refractivity contribution in [1.29, 1.82) is 0 Å². The molecule has 1 aliphatic rings. The van der Waals surface area contributed by atoms with Crippen LogP contribution in [0.2, 0.25) is 0 Å². The SMILES string of the molecule is CCCCN(C1CC1)S(=O)(=O)c1cc(N)c(OC)c(F)c1. The lowest BCUT2D eigenvalue weighted by Gasteiger charge is -2.22. The molecule has 1 fully saturated rings. The first-order valence-corrected chi connectivity index (χ1v) is 8.50. The van der Waals surface area contributed by atoms with E-state index in [0.717, 1.165) is 31.7 Å². The van der Waals surface area contributed by atoms with Gasteiger partial charge >= 0.3 is 0 Å². The van der Waals surface area contributed by atoms with E-state index in [9.17, 15) is 12.8 Å². The van der Waals surface area contributed by atoms with Crippen LogP contribution in [0.3, 0.4) is 0 Å². The number of hydrogen-bond acceptors (Lipinski definition) is 4. The number of rotatable bonds is 7. The van der Waals surface area contributed by atoms with Gasteiger partial charge in [-0.05, 0) is 31.4 Å². The van der Waals surface area contributed by atoms with Gasteiger partial charge in [-0.1, -0.05) is 13.3 Å². The Balaban J connectivity index is 2.37. The van der Waals surface area contributed by atoms with Crippen LogP contribution in [0.5, 0.6) is 5.75 Å². The number of nitrogen functional groups attached to an aromatic ring is 1. The lowest BCUT2D eigenvalue weighted by atomic mass is 10.3. The minimum atomic E-state index is -3.72. The summed E-state index contributed by atoms with van der Waals surface area (Å²) in [6.07, 6.45) is 3.40. The fourth-order valence-corrected chi connectivity index (χ4v) is 4.04. The molecule has 7 heteroatoms. The third-order valence-corrected chi connectivity index (χ3v) is 5.47. The van der Waals surface area contributed by atoms with Crippen LogP contribution >= 0.6 is 0 Å². The van der Waals surface area contributed by atoms with Gasteiger partial charge in [0.05, 0.1) is 17.7 Å². The summed E-state index contributed by atoms with van der Waals surface area (Å²) >= 11 is 0. The van der Waals surface area contributed by atoms with Crippen LogP contribution in [0.4, 0.5) is 10.1 Å². The predicted molar refractivity (Wildman–Crippen MR) is 79.2 cm³/mol. The molecule has 0 atom stereocenters. The second kappa shape index (κ2) is 6.19. The maximum Gasteiger partial charge on any atom is 0.243 e. The number of sulfonamides is 1. The highest BCUT2D eigenvalue weighted by Crippen LogP contribution is 2.35. The Morgan fingerprint density at radius 3 is 2.57 bits per heavy atom. The van der Waals surface area contributed by atoms with Crippen LogP contribution in [0, 0.1) is 5.82 Å². The molecule has 118 valence electrons. The standard InChI is InChI=1S/C14H21FN2O3S/c1-3-4-7-17(10-5-6-10)21(18,19)11-8-12(15)14(20-2)13(16)9-11/h8-10H,3-7,16H2,1-2H3. The Bertz CT molecular complexity index is 592. The van der Waals surface area contributed by atoms with Gasteiger partial charge in [-0.2, -0.15) is 4.31 Å². The van der Waals surface area contributed by atoms with Crippen LogP contribution in [0.1, 0.15) is 32.6 Å². The summed E-state index contributed by atoms with van der Waals surface area (Å²) in [7, 11) is -2.43. The molecule has 2 N–H and O–H groups in total. The summed E-state index contributed by atoms with van der Waals surface area (Å²) < 4.78 is 45.5. The Hall–Kier alpha value is -1.34. The van der Waals surface area contributed by atoms with Gasteiger partial charge in [-0.15, -0.1) is 0 Å². The Labute approximate surface area is 124 Å². The number of unbranched alkanes of at least 4 members (excludes halogenated alkanes) is 1. The zero-order valence-electron chi connectivity index (χ0n) is 12.3. The Morgan fingerprint density at radius 2 is 2.10 bits per heavy atom. The Kier molecular flexibility index (Phi) is 4.73. The van der Waals surface area contributed by atoms with Gasteiger partial charge in [0.1, 0.15) is 0 Å². The summed E-state index contributed by atoms with van der Waals surface area (Å²) in [6.45, 7) is 2.46. The van der Waals surface area contributed by atoms with Crippen molar-refractivity contribution in [2.45, 2.75) is 43.5 Å². The monoisotopic (exact) mass is 316 g/mol. The van der Waals surface area contributed by atoms with Crippen molar-refractivity contribution in [3.8, 4) is 5.75 Å². The quantitative estimate of drug-likeness (QED) is 0.784. The van der Waals surface area contributed by atoms with E-state index >= 15 is 0 Å². The average molecular weight is 316 g/mol. The largest absolute Gasteiger partial charge is 0.492 e.